The molecule has 178 valence electrons. The molecule has 0 bridgehead atoms. The fraction of sp³-hybridized carbons (Fsp3) is 0.500. The van der Waals surface area contributed by atoms with E-state index in [1.807, 2.05) is 97.0 Å². The average Bonchev–Trinajstić information content (AvgIpc) is 2.93. The van der Waals surface area contributed by atoms with Crippen LogP contribution in [0.1, 0.15) is 59.6 Å². The summed E-state index contributed by atoms with van der Waals surface area (Å²) in [6.07, 6.45) is -0.379. The number of hydrogen-bond donors (Lipinski definition) is 0. The van der Waals surface area contributed by atoms with Gasteiger partial charge < -0.3 is 23.7 Å². The number of carbonyl (C=O) groups is 1. The summed E-state index contributed by atoms with van der Waals surface area (Å²) in [6, 6.07) is 15.9. The van der Waals surface area contributed by atoms with Crippen molar-refractivity contribution in [3.8, 4) is 5.75 Å². The molecule has 0 atom stereocenters. The molecule has 0 aliphatic carbocycles. The van der Waals surface area contributed by atoms with Crippen molar-refractivity contribution < 1.29 is 23.6 Å². The zero-order valence-electron chi connectivity index (χ0n) is 21.1. The van der Waals surface area contributed by atoms with E-state index < -0.39 is 23.9 Å². The number of ether oxygens (including phenoxy) is 2. The van der Waals surface area contributed by atoms with Gasteiger partial charge in [-0.05, 0) is 77.2 Å². The molecular weight excluding hydrogens is 417 g/mol. The molecule has 0 aromatic heterocycles. The minimum absolute atomic E-state index is 0.365. The lowest BCUT2D eigenvalue weighted by Crippen LogP contribution is -2.41. The van der Waals surface area contributed by atoms with Gasteiger partial charge in [0.1, 0.15) is 18.0 Å². The maximum absolute atomic E-state index is 12.5. The molecule has 1 amide bonds. The smallest absolute Gasteiger partial charge is 0.489 e. The van der Waals surface area contributed by atoms with Gasteiger partial charge in [0.15, 0.2) is 0 Å². The topological polar surface area (TPSA) is 57.2 Å². The molecular formula is C26H36BNO5. The van der Waals surface area contributed by atoms with Crippen molar-refractivity contribution in [1.29, 1.82) is 0 Å². The van der Waals surface area contributed by atoms with Gasteiger partial charge in [0.2, 0.25) is 0 Å². The third-order valence-electron chi connectivity index (χ3n) is 5.89. The number of rotatable bonds is 6. The van der Waals surface area contributed by atoms with E-state index in [2.05, 4.69) is 0 Å². The van der Waals surface area contributed by atoms with E-state index in [4.69, 9.17) is 18.8 Å². The summed E-state index contributed by atoms with van der Waals surface area (Å²) in [7, 11) is 1.20. The minimum atomic E-state index is -0.556. The fourth-order valence-electron chi connectivity index (χ4n) is 3.40. The van der Waals surface area contributed by atoms with Crippen LogP contribution in [0.4, 0.5) is 4.79 Å². The van der Waals surface area contributed by atoms with Crippen molar-refractivity contribution in [2.24, 2.45) is 0 Å². The third-order valence-corrected chi connectivity index (χ3v) is 5.89. The Morgan fingerprint density at radius 2 is 1.58 bits per heavy atom. The molecule has 1 saturated heterocycles. The van der Waals surface area contributed by atoms with Crippen molar-refractivity contribution in [1.82, 2.24) is 4.90 Å². The molecule has 0 saturated carbocycles. The third kappa shape index (κ3) is 6.52. The number of amides is 1. The van der Waals surface area contributed by atoms with Gasteiger partial charge in [0.05, 0.1) is 11.2 Å². The van der Waals surface area contributed by atoms with Crippen molar-refractivity contribution in [3.63, 3.8) is 0 Å². The van der Waals surface area contributed by atoms with Crippen molar-refractivity contribution in [2.75, 3.05) is 7.05 Å². The number of nitrogens with zero attached hydrogens (tertiary/aromatic N) is 1. The van der Waals surface area contributed by atoms with E-state index >= 15 is 0 Å². The van der Waals surface area contributed by atoms with Gasteiger partial charge in [-0.1, -0.05) is 36.4 Å². The second kappa shape index (κ2) is 9.39. The highest BCUT2D eigenvalue weighted by molar-refractivity contribution is 6.62. The average molecular weight is 453 g/mol. The predicted octanol–water partition coefficient (Wildman–Crippen LogP) is 4.93. The Hall–Kier alpha value is -2.51. The van der Waals surface area contributed by atoms with E-state index in [0.717, 1.165) is 16.6 Å². The van der Waals surface area contributed by atoms with Crippen LogP contribution >= 0.6 is 0 Å². The van der Waals surface area contributed by atoms with Gasteiger partial charge in [-0.15, -0.1) is 0 Å². The van der Waals surface area contributed by atoms with Crippen LogP contribution in [0.2, 0.25) is 0 Å². The zero-order chi connectivity index (χ0) is 24.4. The summed E-state index contributed by atoms with van der Waals surface area (Å²) >= 11 is 0. The van der Waals surface area contributed by atoms with Gasteiger partial charge >= 0.3 is 13.2 Å². The van der Waals surface area contributed by atoms with Crippen LogP contribution in [0.15, 0.2) is 48.5 Å². The first-order valence-electron chi connectivity index (χ1n) is 11.4. The van der Waals surface area contributed by atoms with Crippen LogP contribution < -0.4 is 10.2 Å². The van der Waals surface area contributed by atoms with Crippen molar-refractivity contribution in [3.05, 3.63) is 59.7 Å². The Morgan fingerprint density at radius 1 is 0.970 bits per heavy atom. The Morgan fingerprint density at radius 3 is 2.15 bits per heavy atom. The largest absolute Gasteiger partial charge is 0.494 e. The number of carbonyl (C=O) groups excluding carboxylic acids is 1. The highest BCUT2D eigenvalue weighted by atomic mass is 16.7. The van der Waals surface area contributed by atoms with Gasteiger partial charge in [-0.25, -0.2) is 4.79 Å². The summed E-state index contributed by atoms with van der Waals surface area (Å²) in [5.74, 6) is 0.693. The molecule has 7 heteroatoms. The van der Waals surface area contributed by atoms with Crippen molar-refractivity contribution >= 4 is 18.7 Å². The van der Waals surface area contributed by atoms with Gasteiger partial charge in [-0.3, -0.25) is 0 Å². The molecule has 2 aromatic rings. The van der Waals surface area contributed by atoms with E-state index in [1.165, 1.54) is 0 Å². The molecule has 0 radical (unpaired) electrons. The molecule has 1 aliphatic rings. The normalized spacial score (nSPS) is 17.0. The first kappa shape index (κ1) is 25.1. The molecule has 33 heavy (non-hydrogen) atoms. The van der Waals surface area contributed by atoms with Crippen LogP contribution in [0.5, 0.6) is 5.75 Å². The highest BCUT2D eigenvalue weighted by Crippen LogP contribution is 2.36. The first-order valence-corrected chi connectivity index (χ1v) is 11.4. The van der Waals surface area contributed by atoms with Crippen molar-refractivity contribution in [2.45, 2.75) is 78.4 Å². The summed E-state index contributed by atoms with van der Waals surface area (Å²) in [5, 5.41) is 0. The minimum Gasteiger partial charge on any atom is -0.489 e. The van der Waals surface area contributed by atoms with Gasteiger partial charge in [0, 0.05) is 13.6 Å². The lowest BCUT2D eigenvalue weighted by molar-refractivity contribution is 0.00578. The quantitative estimate of drug-likeness (QED) is 0.581. The van der Waals surface area contributed by atoms with E-state index in [-0.39, 0.29) is 6.09 Å². The monoisotopic (exact) mass is 453 g/mol. The Labute approximate surface area is 198 Å². The Balaban J connectivity index is 1.85. The molecule has 1 heterocycles. The number of benzene rings is 2. The molecule has 2 aromatic carbocycles. The molecule has 1 aliphatic heterocycles. The summed E-state index contributed by atoms with van der Waals surface area (Å²) < 4.78 is 24.1. The van der Waals surface area contributed by atoms with Crippen LogP contribution in [-0.2, 0) is 27.2 Å². The van der Waals surface area contributed by atoms with E-state index in [1.54, 1.807) is 11.9 Å². The highest BCUT2D eigenvalue weighted by Gasteiger charge is 2.51. The second-order valence-corrected chi connectivity index (χ2v) is 10.6. The molecule has 0 unspecified atom stereocenters. The summed E-state index contributed by atoms with van der Waals surface area (Å²) in [6.45, 7) is 14.5. The SMILES string of the molecule is CN(Cc1cc(OCc2ccccc2)cc(B2OC(C)(C)C(C)(C)O2)c1)C(=O)OC(C)(C)C. The van der Waals surface area contributed by atoms with Crippen LogP contribution in [0, 0.1) is 0 Å². The molecule has 0 spiro atoms. The van der Waals surface area contributed by atoms with Gasteiger partial charge in [0.25, 0.3) is 0 Å². The lowest BCUT2D eigenvalue weighted by Gasteiger charge is -2.32. The Kier molecular flexibility index (Phi) is 7.15. The predicted molar refractivity (Wildman–Crippen MR) is 131 cm³/mol. The number of hydrogen-bond acceptors (Lipinski definition) is 5. The van der Waals surface area contributed by atoms with E-state index in [9.17, 15) is 4.79 Å². The Bertz CT molecular complexity index is 952. The molecule has 6 nitrogen and oxygen atoms in total. The van der Waals surface area contributed by atoms with Gasteiger partial charge in [-0.2, -0.15) is 0 Å². The molecule has 0 N–H and O–H groups in total. The maximum Gasteiger partial charge on any atom is 0.494 e. The standard InChI is InChI=1S/C26H36BNO5/c1-24(2,3)31-23(29)28(8)17-20-14-21(27-32-25(4,5)26(6,7)33-27)16-22(15-20)30-18-19-12-10-9-11-13-19/h9-16H,17-18H2,1-8H3. The maximum atomic E-state index is 12.5. The van der Waals surface area contributed by atoms with E-state index in [0.29, 0.717) is 18.9 Å². The summed E-state index contributed by atoms with van der Waals surface area (Å²) in [5.41, 5.74) is 1.37. The molecule has 1 fully saturated rings. The van der Waals surface area contributed by atoms with Crippen LogP contribution in [-0.4, -0.2) is 42.0 Å². The fourth-order valence-corrected chi connectivity index (χ4v) is 3.40. The lowest BCUT2D eigenvalue weighted by atomic mass is 9.78. The molecule has 3 rings (SSSR count). The van der Waals surface area contributed by atoms with Crippen LogP contribution in [0.3, 0.4) is 0 Å². The van der Waals surface area contributed by atoms with Crippen LogP contribution in [0.25, 0.3) is 0 Å². The second-order valence-electron chi connectivity index (χ2n) is 10.6. The first-order chi connectivity index (χ1) is 15.3. The zero-order valence-corrected chi connectivity index (χ0v) is 21.1. The summed E-state index contributed by atoms with van der Waals surface area (Å²) in [4.78, 5) is 14.0.